The molecule has 0 fully saturated rings. The summed E-state index contributed by atoms with van der Waals surface area (Å²) in [4.78, 5) is 18.7. The van der Waals surface area contributed by atoms with Gasteiger partial charge in [0.05, 0.1) is 6.54 Å². The van der Waals surface area contributed by atoms with E-state index in [0.29, 0.717) is 18.8 Å². The third-order valence-electron chi connectivity index (χ3n) is 4.80. The lowest BCUT2D eigenvalue weighted by Crippen LogP contribution is -2.39. The number of thiophene rings is 1. The van der Waals surface area contributed by atoms with Gasteiger partial charge in [-0.05, 0) is 24.5 Å². The fourth-order valence-electron chi connectivity index (χ4n) is 3.20. The molecule has 0 unspecified atom stereocenters. The van der Waals surface area contributed by atoms with Crippen molar-refractivity contribution >= 4 is 17.2 Å². The van der Waals surface area contributed by atoms with Crippen molar-refractivity contribution in [3.05, 3.63) is 39.3 Å². The van der Waals surface area contributed by atoms with Crippen molar-refractivity contribution in [3.8, 4) is 0 Å². The van der Waals surface area contributed by atoms with Crippen LogP contribution < -0.4 is 5.32 Å². The number of carbonyl (C=O) groups is 1. The number of aromatic amines is 1. The van der Waals surface area contributed by atoms with Crippen molar-refractivity contribution in [3.63, 3.8) is 0 Å². The molecular formula is C18H27N5OS. The summed E-state index contributed by atoms with van der Waals surface area (Å²) < 4.78 is 0. The predicted molar refractivity (Wildman–Crippen MR) is 101 cm³/mol. The van der Waals surface area contributed by atoms with E-state index in [4.69, 9.17) is 0 Å². The Kier molecular flexibility index (Phi) is 6.23. The molecule has 0 bridgehead atoms. The fraction of sp³-hybridized carbons (Fsp3) is 0.556. The van der Waals surface area contributed by atoms with E-state index in [1.165, 1.54) is 4.88 Å². The maximum absolute atomic E-state index is 13.2. The summed E-state index contributed by atoms with van der Waals surface area (Å²) in [5, 5.41) is 12.8. The molecule has 0 aliphatic carbocycles. The molecule has 2 aromatic rings. The van der Waals surface area contributed by atoms with Crippen molar-refractivity contribution in [1.29, 1.82) is 0 Å². The Balaban J connectivity index is 1.77. The van der Waals surface area contributed by atoms with E-state index in [2.05, 4.69) is 45.7 Å². The summed E-state index contributed by atoms with van der Waals surface area (Å²) in [6.07, 6.45) is 0.903. The minimum absolute atomic E-state index is 0.0294. The van der Waals surface area contributed by atoms with Gasteiger partial charge in [0.15, 0.2) is 5.69 Å². The molecule has 0 aromatic carbocycles. The first-order valence-corrected chi connectivity index (χ1v) is 9.91. The van der Waals surface area contributed by atoms with Crippen LogP contribution in [0.1, 0.15) is 40.5 Å². The molecule has 1 amide bonds. The highest BCUT2D eigenvalue weighted by molar-refractivity contribution is 7.09. The van der Waals surface area contributed by atoms with Crippen molar-refractivity contribution in [2.45, 2.75) is 33.4 Å². The molecule has 0 saturated carbocycles. The SMILES string of the molecule is CCN(CC)CCN(Cc1cccs1)C(=O)c1n[nH]c2c1CNCC2. The van der Waals surface area contributed by atoms with Crippen LogP contribution in [0, 0.1) is 0 Å². The predicted octanol–water partition coefficient (Wildman–Crippen LogP) is 2.10. The highest BCUT2D eigenvalue weighted by Crippen LogP contribution is 2.19. The van der Waals surface area contributed by atoms with E-state index in [1.807, 2.05) is 11.0 Å². The standard InChI is InChI=1S/C18H27N5OS/c1-3-22(4-2)9-10-23(13-14-6-5-11-25-14)18(24)17-15-12-19-8-7-16(15)20-21-17/h5-6,11,19H,3-4,7-10,12-13H2,1-2H3,(H,20,21). The topological polar surface area (TPSA) is 64.3 Å². The van der Waals surface area contributed by atoms with Gasteiger partial charge in [-0.3, -0.25) is 9.89 Å². The Morgan fingerprint density at radius 1 is 1.32 bits per heavy atom. The number of amides is 1. The molecular weight excluding hydrogens is 334 g/mol. The van der Waals surface area contributed by atoms with Gasteiger partial charge in [-0.25, -0.2) is 0 Å². The molecule has 136 valence electrons. The zero-order chi connectivity index (χ0) is 17.6. The number of carbonyl (C=O) groups excluding carboxylic acids is 1. The second-order valence-electron chi connectivity index (χ2n) is 6.29. The molecule has 0 spiro atoms. The highest BCUT2D eigenvalue weighted by Gasteiger charge is 2.26. The summed E-state index contributed by atoms with van der Waals surface area (Å²) in [6.45, 7) is 10.2. The second-order valence-corrected chi connectivity index (χ2v) is 7.32. The van der Waals surface area contributed by atoms with Crippen molar-refractivity contribution in [2.75, 3.05) is 32.7 Å². The van der Waals surface area contributed by atoms with E-state index in [0.717, 1.165) is 50.4 Å². The van der Waals surface area contributed by atoms with Crippen LogP contribution in [-0.4, -0.2) is 58.6 Å². The monoisotopic (exact) mass is 361 g/mol. The smallest absolute Gasteiger partial charge is 0.275 e. The van der Waals surface area contributed by atoms with E-state index in [9.17, 15) is 4.79 Å². The number of nitrogens with one attached hydrogen (secondary N) is 2. The molecule has 0 radical (unpaired) electrons. The minimum Gasteiger partial charge on any atom is -0.331 e. The molecule has 25 heavy (non-hydrogen) atoms. The molecule has 6 nitrogen and oxygen atoms in total. The van der Waals surface area contributed by atoms with Crippen LogP contribution >= 0.6 is 11.3 Å². The van der Waals surface area contributed by atoms with Crippen LogP contribution in [0.25, 0.3) is 0 Å². The summed E-state index contributed by atoms with van der Waals surface area (Å²) in [5.74, 6) is 0.0294. The van der Waals surface area contributed by atoms with E-state index < -0.39 is 0 Å². The van der Waals surface area contributed by atoms with Gasteiger partial charge in [0, 0.05) is 48.7 Å². The van der Waals surface area contributed by atoms with E-state index in [1.54, 1.807) is 11.3 Å². The molecule has 1 aliphatic rings. The second kappa shape index (κ2) is 8.60. The summed E-state index contributed by atoms with van der Waals surface area (Å²) in [6, 6.07) is 4.12. The van der Waals surface area contributed by atoms with Gasteiger partial charge < -0.3 is 15.1 Å². The van der Waals surface area contributed by atoms with Crippen LogP contribution in [0.15, 0.2) is 17.5 Å². The quantitative estimate of drug-likeness (QED) is 0.756. The summed E-state index contributed by atoms with van der Waals surface area (Å²) in [7, 11) is 0. The molecule has 2 N–H and O–H groups in total. The molecule has 7 heteroatoms. The number of rotatable bonds is 8. The van der Waals surface area contributed by atoms with E-state index in [-0.39, 0.29) is 5.91 Å². The van der Waals surface area contributed by atoms with Gasteiger partial charge in [0.2, 0.25) is 0 Å². The first kappa shape index (κ1) is 18.1. The molecule has 3 heterocycles. The van der Waals surface area contributed by atoms with E-state index >= 15 is 0 Å². The van der Waals surface area contributed by atoms with Crippen LogP contribution in [0.5, 0.6) is 0 Å². The Morgan fingerprint density at radius 3 is 2.88 bits per heavy atom. The number of H-pyrrole nitrogens is 1. The van der Waals surface area contributed by atoms with Gasteiger partial charge in [0.25, 0.3) is 5.91 Å². The largest absolute Gasteiger partial charge is 0.331 e. The number of hydrogen-bond acceptors (Lipinski definition) is 5. The number of hydrogen-bond donors (Lipinski definition) is 2. The number of nitrogens with zero attached hydrogens (tertiary/aromatic N) is 3. The molecule has 0 atom stereocenters. The maximum atomic E-state index is 13.2. The first-order valence-electron chi connectivity index (χ1n) is 9.03. The first-order chi connectivity index (χ1) is 12.2. The normalized spacial score (nSPS) is 13.9. The molecule has 0 saturated heterocycles. The lowest BCUT2D eigenvalue weighted by molar-refractivity contribution is 0.0718. The van der Waals surface area contributed by atoms with Gasteiger partial charge in [-0.2, -0.15) is 5.10 Å². The average molecular weight is 362 g/mol. The Hall–Kier alpha value is -1.70. The van der Waals surface area contributed by atoms with Gasteiger partial charge in [-0.1, -0.05) is 19.9 Å². The summed E-state index contributed by atoms with van der Waals surface area (Å²) >= 11 is 1.69. The Bertz CT molecular complexity index is 678. The lowest BCUT2D eigenvalue weighted by Gasteiger charge is -2.26. The van der Waals surface area contributed by atoms with Crippen molar-refractivity contribution in [2.24, 2.45) is 0 Å². The Morgan fingerprint density at radius 2 is 2.16 bits per heavy atom. The van der Waals surface area contributed by atoms with Crippen molar-refractivity contribution in [1.82, 2.24) is 25.3 Å². The summed E-state index contributed by atoms with van der Waals surface area (Å²) in [5.41, 5.74) is 2.72. The van der Waals surface area contributed by atoms with Gasteiger partial charge in [-0.15, -0.1) is 11.3 Å². The number of likely N-dealkylation sites (N-methyl/N-ethyl adjacent to an activating group) is 1. The molecule has 2 aromatic heterocycles. The number of aromatic nitrogens is 2. The van der Waals surface area contributed by atoms with Crippen molar-refractivity contribution < 1.29 is 4.79 Å². The molecule has 3 rings (SSSR count). The Labute approximate surface area is 153 Å². The maximum Gasteiger partial charge on any atom is 0.275 e. The minimum atomic E-state index is 0.0294. The highest BCUT2D eigenvalue weighted by atomic mass is 32.1. The van der Waals surface area contributed by atoms with Gasteiger partial charge in [0.1, 0.15) is 0 Å². The third kappa shape index (κ3) is 4.29. The molecule has 1 aliphatic heterocycles. The zero-order valence-corrected chi connectivity index (χ0v) is 15.9. The van der Waals surface area contributed by atoms with Crippen LogP contribution in [0.3, 0.4) is 0 Å². The van der Waals surface area contributed by atoms with Crippen LogP contribution in [0.2, 0.25) is 0 Å². The third-order valence-corrected chi connectivity index (χ3v) is 5.66. The number of fused-ring (bicyclic) bond motifs is 1. The van der Waals surface area contributed by atoms with Gasteiger partial charge >= 0.3 is 0 Å². The van der Waals surface area contributed by atoms with Crippen LogP contribution in [-0.2, 0) is 19.5 Å². The van der Waals surface area contributed by atoms with Crippen LogP contribution in [0.4, 0.5) is 0 Å². The lowest BCUT2D eigenvalue weighted by atomic mass is 10.1. The average Bonchev–Trinajstić information content (AvgIpc) is 3.30. The zero-order valence-electron chi connectivity index (χ0n) is 15.0. The fourth-order valence-corrected chi connectivity index (χ4v) is 3.92.